The molecule has 2 aliphatic rings. The van der Waals surface area contributed by atoms with Crippen LogP contribution in [-0.2, 0) is 9.84 Å². The number of aryl methyl sites for hydroxylation is 1. The molecule has 2 aliphatic heterocycles. The maximum atomic E-state index is 12.2. The van der Waals surface area contributed by atoms with Gasteiger partial charge in [0.2, 0.25) is 0 Å². The fraction of sp³-hybridized carbons (Fsp3) is 0.600. The van der Waals surface area contributed by atoms with Gasteiger partial charge in [-0.25, -0.2) is 13.4 Å². The lowest BCUT2D eigenvalue weighted by Crippen LogP contribution is -2.44. The number of sulfone groups is 1. The third-order valence-corrected chi connectivity index (χ3v) is 6.63. The van der Waals surface area contributed by atoms with Crippen molar-refractivity contribution in [1.29, 1.82) is 0 Å². The van der Waals surface area contributed by atoms with Gasteiger partial charge < -0.3 is 4.90 Å². The molecule has 0 aromatic carbocycles. The van der Waals surface area contributed by atoms with Gasteiger partial charge in [-0.1, -0.05) is 0 Å². The molecular formula is C10H12N2O3S2. The number of carbonyl (C=O) groups excluding carboxylic acids is 1. The number of nitrogens with zero attached hydrogens (tertiary/aromatic N) is 2. The van der Waals surface area contributed by atoms with Crippen LogP contribution in [0, 0.1) is 6.92 Å². The van der Waals surface area contributed by atoms with E-state index in [2.05, 4.69) is 4.98 Å². The number of carbonyl (C=O) groups is 1. The molecule has 0 unspecified atom stereocenters. The number of fused-ring (bicyclic) bond motifs is 2. The summed E-state index contributed by atoms with van der Waals surface area (Å²) in [6.45, 7) is 2.15. The summed E-state index contributed by atoms with van der Waals surface area (Å²) >= 11 is 1.32. The Hall–Kier alpha value is -0.950. The third kappa shape index (κ3) is 1.60. The molecule has 3 heterocycles. The van der Waals surface area contributed by atoms with Crippen molar-refractivity contribution in [2.24, 2.45) is 0 Å². The van der Waals surface area contributed by atoms with Gasteiger partial charge in [-0.05, 0) is 13.3 Å². The molecule has 1 aromatic rings. The van der Waals surface area contributed by atoms with Crippen LogP contribution in [0.15, 0.2) is 5.51 Å². The Morgan fingerprint density at radius 3 is 2.82 bits per heavy atom. The minimum absolute atomic E-state index is 0.0626. The first kappa shape index (κ1) is 11.2. The minimum atomic E-state index is -2.94. The van der Waals surface area contributed by atoms with Gasteiger partial charge in [0.05, 0.1) is 22.2 Å². The Kier molecular flexibility index (Phi) is 2.31. The lowest BCUT2D eigenvalue weighted by Gasteiger charge is -2.26. The highest BCUT2D eigenvalue weighted by Crippen LogP contribution is 2.34. The van der Waals surface area contributed by atoms with E-state index in [1.165, 1.54) is 11.3 Å². The van der Waals surface area contributed by atoms with E-state index in [9.17, 15) is 13.2 Å². The van der Waals surface area contributed by atoms with Crippen molar-refractivity contribution in [1.82, 2.24) is 9.88 Å². The Morgan fingerprint density at radius 2 is 2.35 bits per heavy atom. The zero-order valence-corrected chi connectivity index (χ0v) is 10.9. The van der Waals surface area contributed by atoms with Gasteiger partial charge in [0, 0.05) is 12.6 Å². The van der Waals surface area contributed by atoms with Crippen LogP contribution in [0.1, 0.15) is 21.8 Å². The largest absolute Gasteiger partial charge is 0.333 e. The van der Waals surface area contributed by atoms with Crippen molar-refractivity contribution in [2.75, 3.05) is 12.3 Å². The van der Waals surface area contributed by atoms with E-state index in [-0.39, 0.29) is 23.0 Å². The van der Waals surface area contributed by atoms with Crippen LogP contribution in [0.5, 0.6) is 0 Å². The van der Waals surface area contributed by atoms with Crippen LogP contribution in [0.2, 0.25) is 0 Å². The second kappa shape index (κ2) is 3.52. The number of thiazole rings is 1. The topological polar surface area (TPSA) is 67.3 Å². The lowest BCUT2D eigenvalue weighted by molar-refractivity contribution is 0.0750. The van der Waals surface area contributed by atoms with Gasteiger partial charge in [-0.15, -0.1) is 11.3 Å². The molecule has 0 radical (unpaired) electrons. The van der Waals surface area contributed by atoms with E-state index in [0.29, 0.717) is 17.8 Å². The van der Waals surface area contributed by atoms with Crippen LogP contribution in [0.25, 0.3) is 0 Å². The second-order valence-electron chi connectivity index (χ2n) is 4.57. The molecule has 0 spiro atoms. The average Bonchev–Trinajstić information content (AvgIpc) is 2.89. The molecular weight excluding hydrogens is 260 g/mol. The van der Waals surface area contributed by atoms with Crippen molar-refractivity contribution in [3.8, 4) is 0 Å². The molecule has 0 aliphatic carbocycles. The number of amides is 1. The van der Waals surface area contributed by atoms with E-state index in [4.69, 9.17) is 0 Å². The van der Waals surface area contributed by atoms with Crippen molar-refractivity contribution >= 4 is 27.1 Å². The van der Waals surface area contributed by atoms with E-state index in [0.717, 1.165) is 5.69 Å². The van der Waals surface area contributed by atoms with Crippen LogP contribution in [-0.4, -0.2) is 47.8 Å². The van der Waals surface area contributed by atoms with Crippen LogP contribution in [0.3, 0.4) is 0 Å². The quantitative estimate of drug-likeness (QED) is 0.745. The zero-order chi connectivity index (χ0) is 12.2. The van der Waals surface area contributed by atoms with Gasteiger partial charge in [0.25, 0.3) is 5.91 Å². The summed E-state index contributed by atoms with van der Waals surface area (Å²) in [4.78, 5) is 18.6. The van der Waals surface area contributed by atoms with Crippen molar-refractivity contribution < 1.29 is 13.2 Å². The molecule has 2 atom stereocenters. The maximum Gasteiger partial charge on any atom is 0.266 e. The highest BCUT2D eigenvalue weighted by molar-refractivity contribution is 7.92. The number of aromatic nitrogens is 1. The van der Waals surface area contributed by atoms with E-state index in [1.54, 1.807) is 17.3 Å². The molecule has 0 N–H and O–H groups in total. The van der Waals surface area contributed by atoms with Crippen LogP contribution >= 0.6 is 11.3 Å². The molecule has 2 fully saturated rings. The second-order valence-corrected chi connectivity index (χ2v) is 7.75. The first-order valence-corrected chi connectivity index (χ1v) is 8.01. The minimum Gasteiger partial charge on any atom is -0.333 e. The summed E-state index contributed by atoms with van der Waals surface area (Å²) in [6, 6.07) is -0.126. The number of likely N-dealkylation sites (tertiary alicyclic amines) is 1. The molecule has 2 saturated heterocycles. The summed E-state index contributed by atoms with van der Waals surface area (Å²) in [5.41, 5.74) is 2.37. The van der Waals surface area contributed by atoms with Gasteiger partial charge >= 0.3 is 0 Å². The van der Waals surface area contributed by atoms with E-state index >= 15 is 0 Å². The van der Waals surface area contributed by atoms with Gasteiger partial charge in [0.15, 0.2) is 9.84 Å². The highest BCUT2D eigenvalue weighted by Gasteiger charge is 2.50. The van der Waals surface area contributed by atoms with Crippen molar-refractivity contribution in [3.63, 3.8) is 0 Å². The van der Waals surface area contributed by atoms with Gasteiger partial charge in [0.1, 0.15) is 4.88 Å². The van der Waals surface area contributed by atoms with Crippen molar-refractivity contribution in [3.05, 3.63) is 16.1 Å². The molecule has 5 nitrogen and oxygen atoms in total. The molecule has 2 bridgehead atoms. The molecule has 17 heavy (non-hydrogen) atoms. The SMILES string of the molecule is Cc1ncsc1C(=O)N1C[C@H]2C[C@H]1CS2(=O)=O. The standard InChI is InChI=1S/C10H12N2O3S2/c1-6-9(16-5-11-6)10(13)12-3-8-2-7(12)4-17(8,14)15/h5,7-8H,2-4H2,1H3/t7-,8+/m0/s1. The summed E-state index contributed by atoms with van der Waals surface area (Å²) in [7, 11) is -2.94. The fourth-order valence-electron chi connectivity index (χ4n) is 2.58. The Morgan fingerprint density at radius 1 is 1.59 bits per heavy atom. The summed E-state index contributed by atoms with van der Waals surface area (Å²) in [6.07, 6.45) is 0.603. The molecule has 92 valence electrons. The number of rotatable bonds is 1. The van der Waals surface area contributed by atoms with E-state index in [1.807, 2.05) is 0 Å². The molecule has 1 amide bonds. The smallest absolute Gasteiger partial charge is 0.266 e. The predicted molar refractivity (Wildman–Crippen MR) is 63.9 cm³/mol. The highest BCUT2D eigenvalue weighted by atomic mass is 32.2. The summed E-state index contributed by atoms with van der Waals surface area (Å²) in [5, 5.41) is -0.343. The number of hydrogen-bond acceptors (Lipinski definition) is 5. The summed E-state index contributed by atoms with van der Waals surface area (Å²) in [5.74, 6) is 0.0637. The molecule has 1 aromatic heterocycles. The van der Waals surface area contributed by atoms with E-state index < -0.39 is 9.84 Å². The fourth-order valence-corrected chi connectivity index (χ4v) is 5.37. The molecule has 0 saturated carbocycles. The first-order valence-electron chi connectivity index (χ1n) is 5.41. The van der Waals surface area contributed by atoms with Crippen LogP contribution < -0.4 is 0 Å². The van der Waals surface area contributed by atoms with Crippen LogP contribution in [0.4, 0.5) is 0 Å². The normalized spacial score (nSPS) is 29.8. The van der Waals surface area contributed by atoms with Gasteiger partial charge in [-0.2, -0.15) is 0 Å². The monoisotopic (exact) mass is 272 g/mol. The third-order valence-electron chi connectivity index (χ3n) is 3.51. The van der Waals surface area contributed by atoms with Gasteiger partial charge in [-0.3, -0.25) is 4.79 Å². The average molecular weight is 272 g/mol. The molecule has 3 rings (SSSR count). The Balaban J connectivity index is 1.86. The lowest BCUT2D eigenvalue weighted by atomic mass is 10.2. The molecule has 7 heteroatoms. The number of hydrogen-bond donors (Lipinski definition) is 0. The first-order chi connectivity index (χ1) is 7.99. The Bertz CT molecular complexity index is 578. The predicted octanol–water partition coefficient (Wildman–Crippen LogP) is 0.463. The van der Waals surface area contributed by atoms with Crippen molar-refractivity contribution in [2.45, 2.75) is 24.6 Å². The zero-order valence-electron chi connectivity index (χ0n) is 9.29. The summed E-state index contributed by atoms with van der Waals surface area (Å²) < 4.78 is 23.2. The maximum absolute atomic E-state index is 12.2. The Labute approximate surface area is 103 Å².